The van der Waals surface area contributed by atoms with Crippen LogP contribution in [0.15, 0.2) is 4.42 Å². The number of ether oxygens (including phenoxy) is 1. The summed E-state index contributed by atoms with van der Waals surface area (Å²) in [5.41, 5.74) is 0. The molecule has 3 atom stereocenters. The normalized spacial score (nSPS) is 28.2. The van der Waals surface area contributed by atoms with E-state index >= 15 is 0 Å². The Morgan fingerprint density at radius 3 is 2.80 bits per heavy atom. The second kappa shape index (κ2) is 4.28. The third-order valence-electron chi connectivity index (χ3n) is 2.77. The average molecular weight is 211 g/mol. The molecule has 1 aromatic heterocycles. The number of rotatable bonds is 3. The molecule has 0 saturated carbocycles. The van der Waals surface area contributed by atoms with Crippen molar-refractivity contribution in [2.75, 3.05) is 7.05 Å². The van der Waals surface area contributed by atoms with Gasteiger partial charge in [-0.1, -0.05) is 0 Å². The summed E-state index contributed by atoms with van der Waals surface area (Å²) in [7, 11) is 1.86. The van der Waals surface area contributed by atoms with E-state index in [-0.39, 0.29) is 12.1 Å². The molecular formula is C10H17N3O2. The molecule has 1 saturated heterocycles. The van der Waals surface area contributed by atoms with Crippen LogP contribution in [0.4, 0.5) is 0 Å². The van der Waals surface area contributed by atoms with Crippen LogP contribution in [0.2, 0.25) is 0 Å². The van der Waals surface area contributed by atoms with Gasteiger partial charge in [0.25, 0.3) is 0 Å². The van der Waals surface area contributed by atoms with Gasteiger partial charge in [0.2, 0.25) is 11.8 Å². The van der Waals surface area contributed by atoms with Crippen molar-refractivity contribution in [2.45, 2.75) is 44.9 Å². The monoisotopic (exact) mass is 211 g/mol. The second-order valence-electron chi connectivity index (χ2n) is 4.00. The molecule has 5 nitrogen and oxygen atoms in total. The summed E-state index contributed by atoms with van der Waals surface area (Å²) in [4.78, 5) is 0. The maximum atomic E-state index is 5.66. The number of aromatic nitrogens is 2. The first-order chi connectivity index (χ1) is 7.20. The van der Waals surface area contributed by atoms with Crippen LogP contribution in [0.25, 0.3) is 0 Å². The molecule has 15 heavy (non-hydrogen) atoms. The summed E-state index contributed by atoms with van der Waals surface area (Å²) in [6, 6.07) is 0.0880. The van der Waals surface area contributed by atoms with E-state index in [2.05, 4.69) is 22.4 Å². The van der Waals surface area contributed by atoms with Crippen molar-refractivity contribution in [1.82, 2.24) is 15.5 Å². The van der Waals surface area contributed by atoms with Crippen molar-refractivity contribution in [2.24, 2.45) is 0 Å². The maximum Gasteiger partial charge on any atom is 0.245 e. The second-order valence-corrected chi connectivity index (χ2v) is 4.00. The zero-order valence-electron chi connectivity index (χ0n) is 9.36. The molecule has 0 spiro atoms. The Bertz CT molecular complexity index is 326. The molecule has 0 amide bonds. The lowest BCUT2D eigenvalue weighted by Gasteiger charge is -2.06. The van der Waals surface area contributed by atoms with Crippen LogP contribution in [-0.4, -0.2) is 23.3 Å². The highest BCUT2D eigenvalue weighted by Gasteiger charge is 2.28. The summed E-state index contributed by atoms with van der Waals surface area (Å²) in [5.74, 6) is 1.23. The van der Waals surface area contributed by atoms with E-state index in [0.29, 0.717) is 17.9 Å². The Labute approximate surface area is 89.2 Å². The van der Waals surface area contributed by atoms with Gasteiger partial charge < -0.3 is 14.5 Å². The zero-order chi connectivity index (χ0) is 10.8. The van der Waals surface area contributed by atoms with Crippen molar-refractivity contribution in [1.29, 1.82) is 0 Å². The predicted molar refractivity (Wildman–Crippen MR) is 54.3 cm³/mol. The molecule has 1 N–H and O–H groups in total. The fourth-order valence-electron chi connectivity index (χ4n) is 1.66. The van der Waals surface area contributed by atoms with Crippen molar-refractivity contribution < 1.29 is 9.15 Å². The van der Waals surface area contributed by atoms with E-state index in [4.69, 9.17) is 9.15 Å². The van der Waals surface area contributed by atoms with Crippen molar-refractivity contribution in [3.05, 3.63) is 11.8 Å². The van der Waals surface area contributed by atoms with Crippen LogP contribution in [-0.2, 0) is 4.74 Å². The van der Waals surface area contributed by atoms with Crippen LogP contribution in [0.3, 0.4) is 0 Å². The topological polar surface area (TPSA) is 60.2 Å². The third kappa shape index (κ3) is 2.18. The van der Waals surface area contributed by atoms with E-state index in [9.17, 15) is 0 Å². The lowest BCUT2D eigenvalue weighted by molar-refractivity contribution is 0.0381. The first-order valence-electron chi connectivity index (χ1n) is 5.36. The summed E-state index contributed by atoms with van der Waals surface area (Å²) in [6.45, 7) is 4.04. The minimum atomic E-state index is -0.00898. The van der Waals surface area contributed by atoms with Crippen LogP contribution < -0.4 is 5.32 Å². The quantitative estimate of drug-likeness (QED) is 0.822. The van der Waals surface area contributed by atoms with Gasteiger partial charge in [0, 0.05) is 0 Å². The van der Waals surface area contributed by atoms with Gasteiger partial charge in [0.1, 0.15) is 6.10 Å². The lowest BCUT2D eigenvalue weighted by Crippen LogP contribution is -2.12. The number of nitrogens with zero attached hydrogens (tertiary/aromatic N) is 2. The Hall–Kier alpha value is -0.940. The molecule has 3 unspecified atom stereocenters. The first-order valence-corrected chi connectivity index (χ1v) is 5.36. The first kappa shape index (κ1) is 10.6. The molecular weight excluding hydrogens is 194 g/mol. The zero-order valence-corrected chi connectivity index (χ0v) is 9.36. The van der Waals surface area contributed by atoms with Gasteiger partial charge in [-0.25, -0.2) is 0 Å². The number of hydrogen-bond acceptors (Lipinski definition) is 5. The van der Waals surface area contributed by atoms with Gasteiger partial charge in [-0.15, -0.1) is 10.2 Å². The maximum absolute atomic E-state index is 5.66. The molecule has 0 aliphatic carbocycles. The van der Waals surface area contributed by atoms with Crippen LogP contribution in [0.5, 0.6) is 0 Å². The van der Waals surface area contributed by atoms with Gasteiger partial charge in [0.15, 0.2) is 0 Å². The molecule has 5 heteroatoms. The minimum absolute atomic E-state index is 0.00898. The fraction of sp³-hybridized carbons (Fsp3) is 0.800. The van der Waals surface area contributed by atoms with E-state index in [1.54, 1.807) is 0 Å². The SMILES string of the molecule is CNC(C)c1nnc(C2CCC(C)O2)o1. The van der Waals surface area contributed by atoms with Crippen LogP contribution in [0.1, 0.15) is 50.6 Å². The lowest BCUT2D eigenvalue weighted by atomic mass is 10.2. The Kier molecular flexibility index (Phi) is 3.02. The van der Waals surface area contributed by atoms with Gasteiger partial charge >= 0.3 is 0 Å². The average Bonchev–Trinajstić information content (AvgIpc) is 2.84. The third-order valence-corrected chi connectivity index (χ3v) is 2.77. The Balaban J connectivity index is 2.07. The molecule has 1 fully saturated rings. The molecule has 1 aromatic rings. The summed E-state index contributed by atoms with van der Waals surface area (Å²) >= 11 is 0. The van der Waals surface area contributed by atoms with Gasteiger partial charge in [0.05, 0.1) is 12.1 Å². The Morgan fingerprint density at radius 1 is 1.40 bits per heavy atom. The van der Waals surface area contributed by atoms with E-state index in [1.807, 2.05) is 14.0 Å². The number of hydrogen-bond donors (Lipinski definition) is 1. The predicted octanol–water partition coefficient (Wildman–Crippen LogP) is 1.59. The molecule has 2 rings (SSSR count). The molecule has 1 aliphatic heterocycles. The van der Waals surface area contributed by atoms with Crippen molar-refractivity contribution >= 4 is 0 Å². The minimum Gasteiger partial charge on any atom is -0.421 e. The van der Waals surface area contributed by atoms with E-state index in [0.717, 1.165) is 12.8 Å². The molecule has 0 radical (unpaired) electrons. The molecule has 84 valence electrons. The van der Waals surface area contributed by atoms with Crippen molar-refractivity contribution in [3.63, 3.8) is 0 Å². The standard InChI is InChI=1S/C10H17N3O2/c1-6-4-5-8(14-6)10-13-12-9(15-10)7(2)11-3/h6-8,11H,4-5H2,1-3H3. The largest absolute Gasteiger partial charge is 0.421 e. The highest BCUT2D eigenvalue weighted by molar-refractivity contribution is 4.92. The highest BCUT2D eigenvalue weighted by Crippen LogP contribution is 2.31. The van der Waals surface area contributed by atoms with Gasteiger partial charge in [-0.2, -0.15) is 0 Å². The molecule has 0 aromatic carbocycles. The van der Waals surface area contributed by atoms with E-state index < -0.39 is 0 Å². The van der Waals surface area contributed by atoms with Crippen molar-refractivity contribution in [3.8, 4) is 0 Å². The van der Waals surface area contributed by atoms with E-state index in [1.165, 1.54) is 0 Å². The molecule has 1 aliphatic rings. The smallest absolute Gasteiger partial charge is 0.245 e. The van der Waals surface area contributed by atoms with Crippen LogP contribution in [0, 0.1) is 0 Å². The van der Waals surface area contributed by atoms with Gasteiger partial charge in [-0.05, 0) is 33.7 Å². The molecule has 0 bridgehead atoms. The van der Waals surface area contributed by atoms with Gasteiger partial charge in [-0.3, -0.25) is 0 Å². The summed E-state index contributed by atoms with van der Waals surface area (Å²) in [5, 5.41) is 11.1. The molecule has 2 heterocycles. The highest BCUT2D eigenvalue weighted by atomic mass is 16.5. The summed E-state index contributed by atoms with van der Waals surface area (Å²) < 4.78 is 11.2. The Morgan fingerprint density at radius 2 is 2.20 bits per heavy atom. The van der Waals surface area contributed by atoms with Crippen LogP contribution >= 0.6 is 0 Å². The fourth-order valence-corrected chi connectivity index (χ4v) is 1.66. The summed E-state index contributed by atoms with van der Waals surface area (Å²) in [6.07, 6.45) is 2.32. The number of nitrogens with one attached hydrogen (secondary N) is 1.